The van der Waals surface area contributed by atoms with Crippen molar-refractivity contribution in [3.8, 4) is 11.3 Å². The third-order valence-corrected chi connectivity index (χ3v) is 5.83. The summed E-state index contributed by atoms with van der Waals surface area (Å²) in [5, 5.41) is 11.4. The van der Waals surface area contributed by atoms with Crippen molar-refractivity contribution in [2.24, 2.45) is 0 Å². The van der Waals surface area contributed by atoms with Crippen molar-refractivity contribution in [2.75, 3.05) is 5.32 Å². The minimum atomic E-state index is -0.363. The number of carbonyl (C=O) groups is 1. The second kappa shape index (κ2) is 7.53. The number of benzene rings is 2. The van der Waals surface area contributed by atoms with Gasteiger partial charge in [0.05, 0.1) is 5.69 Å². The molecule has 1 amide bonds. The number of hydrogen-bond acceptors (Lipinski definition) is 4. The van der Waals surface area contributed by atoms with Crippen molar-refractivity contribution in [1.82, 2.24) is 19.4 Å². The second-order valence-corrected chi connectivity index (χ2v) is 8.26. The van der Waals surface area contributed by atoms with Gasteiger partial charge in [0, 0.05) is 15.7 Å². The van der Waals surface area contributed by atoms with Gasteiger partial charge in [0.1, 0.15) is 18.4 Å². The van der Waals surface area contributed by atoms with Crippen LogP contribution in [-0.2, 0) is 24.2 Å². The van der Waals surface area contributed by atoms with E-state index >= 15 is 0 Å². The largest absolute Gasteiger partial charge is 0.324 e. The number of rotatable bonds is 4. The summed E-state index contributed by atoms with van der Waals surface area (Å²) < 4.78 is 3.56. The molecule has 5 rings (SSSR count). The Morgan fingerprint density at radius 3 is 2.70 bits per heavy atom. The molecule has 0 spiro atoms. The number of aromatic nitrogens is 4. The number of nitrogens with zero attached hydrogens (tertiary/aromatic N) is 4. The van der Waals surface area contributed by atoms with E-state index in [1.54, 1.807) is 6.07 Å². The molecular formula is C22H18BrN5O2. The van der Waals surface area contributed by atoms with E-state index in [1.807, 2.05) is 36.4 Å². The molecule has 1 N–H and O–H groups in total. The van der Waals surface area contributed by atoms with E-state index in [0.29, 0.717) is 11.2 Å². The van der Waals surface area contributed by atoms with Crippen molar-refractivity contribution in [3.05, 3.63) is 80.8 Å². The maximum absolute atomic E-state index is 12.8. The summed E-state index contributed by atoms with van der Waals surface area (Å²) in [5.41, 5.74) is 4.94. The summed E-state index contributed by atoms with van der Waals surface area (Å²) in [7, 11) is 0. The lowest BCUT2D eigenvalue weighted by atomic mass is 10.1. The van der Waals surface area contributed by atoms with Crippen LogP contribution >= 0.6 is 15.9 Å². The molecule has 0 atom stereocenters. The van der Waals surface area contributed by atoms with E-state index in [2.05, 4.69) is 37.5 Å². The number of anilines is 1. The Balaban J connectivity index is 1.38. The summed E-state index contributed by atoms with van der Waals surface area (Å²) in [6.45, 7) is -0.161. The quantitative estimate of drug-likeness (QED) is 0.502. The Bertz CT molecular complexity index is 1320. The molecule has 7 nitrogen and oxygen atoms in total. The topological polar surface area (TPSA) is 81.3 Å². The van der Waals surface area contributed by atoms with Crippen molar-refractivity contribution < 1.29 is 4.79 Å². The zero-order valence-electron chi connectivity index (χ0n) is 16.0. The molecule has 1 aliphatic rings. The summed E-state index contributed by atoms with van der Waals surface area (Å²) in [5.74, 6) is -0.292. The summed E-state index contributed by atoms with van der Waals surface area (Å²) in [6, 6.07) is 15.4. The fourth-order valence-electron chi connectivity index (χ4n) is 3.80. The Kier molecular flexibility index (Phi) is 4.71. The molecule has 0 aliphatic heterocycles. The average Bonchev–Trinajstić information content (AvgIpc) is 3.37. The number of aryl methyl sites for hydroxylation is 2. The van der Waals surface area contributed by atoms with E-state index in [4.69, 9.17) is 0 Å². The van der Waals surface area contributed by atoms with Gasteiger partial charge in [0.25, 0.3) is 5.56 Å². The van der Waals surface area contributed by atoms with Crippen LogP contribution in [-0.4, -0.2) is 25.3 Å². The molecule has 1 aliphatic carbocycles. The maximum atomic E-state index is 12.8. The van der Waals surface area contributed by atoms with Crippen LogP contribution in [0, 0.1) is 0 Å². The fourth-order valence-corrected chi connectivity index (χ4v) is 4.06. The molecule has 2 aromatic carbocycles. The Morgan fingerprint density at radius 2 is 1.87 bits per heavy atom. The van der Waals surface area contributed by atoms with Gasteiger partial charge in [-0.1, -0.05) is 34.1 Å². The lowest BCUT2D eigenvalue weighted by Gasteiger charge is -2.08. The van der Waals surface area contributed by atoms with Crippen LogP contribution in [0.15, 0.2) is 64.1 Å². The van der Waals surface area contributed by atoms with Gasteiger partial charge in [-0.25, -0.2) is 9.20 Å². The Hall–Kier alpha value is -3.26. The molecule has 30 heavy (non-hydrogen) atoms. The first-order chi connectivity index (χ1) is 14.6. The summed E-state index contributed by atoms with van der Waals surface area (Å²) in [6.07, 6.45) is 4.73. The predicted molar refractivity (Wildman–Crippen MR) is 117 cm³/mol. The number of carbonyl (C=O) groups excluding carboxylic acids is 1. The number of hydrogen-bond donors (Lipinski definition) is 1. The number of amides is 1. The van der Waals surface area contributed by atoms with Crippen molar-refractivity contribution in [2.45, 2.75) is 25.8 Å². The highest BCUT2D eigenvalue weighted by atomic mass is 79.9. The van der Waals surface area contributed by atoms with Crippen LogP contribution in [0.1, 0.15) is 17.5 Å². The summed E-state index contributed by atoms with van der Waals surface area (Å²) >= 11 is 3.41. The van der Waals surface area contributed by atoms with Gasteiger partial charge in [-0.05, 0) is 60.7 Å². The second-order valence-electron chi connectivity index (χ2n) is 7.35. The number of nitrogens with one attached hydrogen (secondary N) is 1. The molecule has 0 saturated carbocycles. The lowest BCUT2D eigenvalue weighted by molar-refractivity contribution is -0.117. The van der Waals surface area contributed by atoms with Gasteiger partial charge in [0.2, 0.25) is 5.91 Å². The highest BCUT2D eigenvalue weighted by Crippen LogP contribution is 2.25. The molecular weight excluding hydrogens is 446 g/mol. The number of halogens is 1. The molecule has 2 heterocycles. The monoisotopic (exact) mass is 463 g/mol. The Labute approximate surface area is 180 Å². The van der Waals surface area contributed by atoms with Gasteiger partial charge in [-0.3, -0.25) is 9.59 Å². The normalized spacial score (nSPS) is 12.8. The van der Waals surface area contributed by atoms with Crippen molar-refractivity contribution in [3.63, 3.8) is 0 Å². The molecule has 8 heteroatoms. The zero-order chi connectivity index (χ0) is 20.7. The van der Waals surface area contributed by atoms with Crippen LogP contribution in [0.4, 0.5) is 5.69 Å². The first kappa shape index (κ1) is 18.7. The van der Waals surface area contributed by atoms with Crippen molar-refractivity contribution in [1.29, 1.82) is 0 Å². The Morgan fingerprint density at radius 1 is 1.07 bits per heavy atom. The van der Waals surface area contributed by atoms with Gasteiger partial charge >= 0.3 is 0 Å². The SMILES string of the molecule is O=C(Cn1ncn2nc(-c3ccc(Br)cc3)cc2c1=O)Nc1ccc2c(c1)CCC2. The fraction of sp³-hybridized carbons (Fsp3) is 0.182. The first-order valence-corrected chi connectivity index (χ1v) is 10.5. The van der Waals surface area contributed by atoms with Gasteiger partial charge in [-0.2, -0.15) is 10.2 Å². The van der Waals surface area contributed by atoms with Crippen LogP contribution < -0.4 is 10.9 Å². The molecule has 0 fully saturated rings. The van der Waals surface area contributed by atoms with Crippen LogP contribution in [0.25, 0.3) is 16.8 Å². The third-order valence-electron chi connectivity index (χ3n) is 5.31. The number of fused-ring (bicyclic) bond motifs is 2. The minimum Gasteiger partial charge on any atom is -0.324 e. The zero-order valence-corrected chi connectivity index (χ0v) is 17.6. The average molecular weight is 464 g/mol. The predicted octanol–water partition coefficient (Wildman–Crippen LogP) is 3.45. The lowest BCUT2D eigenvalue weighted by Crippen LogP contribution is -2.30. The van der Waals surface area contributed by atoms with Crippen LogP contribution in [0.5, 0.6) is 0 Å². The highest BCUT2D eigenvalue weighted by molar-refractivity contribution is 9.10. The molecule has 0 radical (unpaired) electrons. The molecule has 150 valence electrons. The molecule has 0 unspecified atom stereocenters. The maximum Gasteiger partial charge on any atom is 0.293 e. The van der Waals surface area contributed by atoms with Crippen LogP contribution in [0.3, 0.4) is 0 Å². The van der Waals surface area contributed by atoms with E-state index < -0.39 is 0 Å². The minimum absolute atomic E-state index is 0.161. The summed E-state index contributed by atoms with van der Waals surface area (Å²) in [4.78, 5) is 25.3. The van der Waals surface area contributed by atoms with Gasteiger partial charge < -0.3 is 5.32 Å². The smallest absolute Gasteiger partial charge is 0.293 e. The van der Waals surface area contributed by atoms with E-state index in [9.17, 15) is 9.59 Å². The highest BCUT2D eigenvalue weighted by Gasteiger charge is 2.14. The van der Waals surface area contributed by atoms with Crippen LogP contribution in [0.2, 0.25) is 0 Å². The molecule has 4 aromatic rings. The molecule has 0 saturated heterocycles. The van der Waals surface area contributed by atoms with E-state index in [1.165, 1.54) is 22.0 Å². The van der Waals surface area contributed by atoms with Gasteiger partial charge in [0.15, 0.2) is 0 Å². The van der Waals surface area contributed by atoms with Crippen molar-refractivity contribution >= 4 is 33.0 Å². The standard InChI is InChI=1S/C22H18BrN5O2/c23-17-7-4-15(5-8-17)19-11-20-22(30)27(24-13-28(20)26-19)12-21(29)25-18-9-6-14-2-1-3-16(14)10-18/h4-11,13H,1-3,12H2,(H,25,29). The molecule has 2 aromatic heterocycles. The molecule has 0 bridgehead atoms. The first-order valence-electron chi connectivity index (χ1n) is 9.70. The van der Waals surface area contributed by atoms with E-state index in [0.717, 1.165) is 39.7 Å². The van der Waals surface area contributed by atoms with Gasteiger partial charge in [-0.15, -0.1) is 0 Å². The van der Waals surface area contributed by atoms with E-state index in [-0.39, 0.29) is 18.0 Å². The third kappa shape index (κ3) is 3.54.